The van der Waals surface area contributed by atoms with Gasteiger partial charge >= 0.3 is 0 Å². The molecule has 1 heterocycles. The maximum atomic E-state index is 13.5. The van der Waals surface area contributed by atoms with Gasteiger partial charge in [-0.1, -0.05) is 12.1 Å². The van der Waals surface area contributed by atoms with E-state index in [0.717, 1.165) is 20.6 Å². The molecule has 0 aliphatic carbocycles. The lowest BCUT2D eigenvalue weighted by Gasteiger charge is -1.98. The van der Waals surface area contributed by atoms with E-state index in [4.69, 9.17) is 0 Å². The highest BCUT2D eigenvalue weighted by atomic mass is 32.1. The number of nitrogens with zero attached hydrogens (tertiary/aromatic N) is 1. The highest BCUT2D eigenvalue weighted by Gasteiger charge is 2.07. The van der Waals surface area contributed by atoms with Crippen LogP contribution in [0.15, 0.2) is 30.3 Å². The van der Waals surface area contributed by atoms with Crippen LogP contribution in [0.4, 0.5) is 4.39 Å². The monoisotopic (exact) mass is 217 g/mol. The summed E-state index contributed by atoms with van der Waals surface area (Å²) >= 11 is 1.64. The average molecular weight is 217 g/mol. The molecule has 3 aromatic rings. The maximum Gasteiger partial charge on any atom is 0.131 e. The van der Waals surface area contributed by atoms with E-state index in [2.05, 4.69) is 4.98 Å². The molecule has 0 unspecified atom stereocenters. The zero-order chi connectivity index (χ0) is 10.4. The fourth-order valence-electron chi connectivity index (χ4n) is 1.82. The fraction of sp³-hybridized carbons (Fsp3) is 0.0833. The largest absolute Gasteiger partial charge is 0.241 e. The Morgan fingerprint density at radius 3 is 2.87 bits per heavy atom. The molecule has 74 valence electrons. The van der Waals surface area contributed by atoms with Crippen LogP contribution in [0.25, 0.3) is 21.0 Å². The first-order valence-corrected chi connectivity index (χ1v) is 5.52. The highest BCUT2D eigenvalue weighted by Crippen LogP contribution is 2.29. The smallest absolute Gasteiger partial charge is 0.131 e. The Morgan fingerprint density at radius 2 is 2.00 bits per heavy atom. The molecule has 1 aromatic heterocycles. The van der Waals surface area contributed by atoms with Crippen molar-refractivity contribution in [1.29, 1.82) is 0 Å². The van der Waals surface area contributed by atoms with Crippen molar-refractivity contribution in [2.45, 2.75) is 6.92 Å². The van der Waals surface area contributed by atoms with E-state index in [1.807, 2.05) is 25.1 Å². The molecule has 3 heteroatoms. The lowest BCUT2D eigenvalue weighted by molar-refractivity contribution is 0.640. The average Bonchev–Trinajstić information content (AvgIpc) is 2.59. The molecule has 0 bridgehead atoms. The van der Waals surface area contributed by atoms with Gasteiger partial charge in [-0.2, -0.15) is 0 Å². The van der Waals surface area contributed by atoms with E-state index in [1.165, 1.54) is 6.07 Å². The van der Waals surface area contributed by atoms with Gasteiger partial charge < -0.3 is 0 Å². The fourth-order valence-corrected chi connectivity index (χ4v) is 2.66. The predicted octanol–water partition coefficient (Wildman–Crippen LogP) is 3.90. The van der Waals surface area contributed by atoms with Crippen molar-refractivity contribution in [2.75, 3.05) is 0 Å². The van der Waals surface area contributed by atoms with E-state index in [0.29, 0.717) is 5.39 Å². The molecule has 0 aliphatic heterocycles. The van der Waals surface area contributed by atoms with Crippen molar-refractivity contribution < 1.29 is 4.39 Å². The second-order valence-electron chi connectivity index (χ2n) is 3.48. The summed E-state index contributed by atoms with van der Waals surface area (Å²) in [6, 6.07) is 8.88. The molecule has 0 saturated heterocycles. The summed E-state index contributed by atoms with van der Waals surface area (Å²) in [7, 11) is 0. The molecule has 0 radical (unpaired) electrons. The van der Waals surface area contributed by atoms with Crippen molar-refractivity contribution in [2.24, 2.45) is 0 Å². The van der Waals surface area contributed by atoms with Crippen molar-refractivity contribution in [1.82, 2.24) is 4.98 Å². The zero-order valence-corrected chi connectivity index (χ0v) is 8.94. The Labute approximate surface area is 90.2 Å². The number of fused-ring (bicyclic) bond motifs is 3. The van der Waals surface area contributed by atoms with Crippen LogP contribution in [-0.4, -0.2) is 4.98 Å². The Bertz CT molecular complexity index is 657. The molecule has 1 nitrogen and oxygen atoms in total. The van der Waals surface area contributed by atoms with Crippen molar-refractivity contribution >= 4 is 32.3 Å². The second-order valence-corrected chi connectivity index (χ2v) is 4.71. The Morgan fingerprint density at radius 1 is 1.13 bits per heavy atom. The molecule has 0 saturated carbocycles. The zero-order valence-electron chi connectivity index (χ0n) is 8.12. The molecule has 0 atom stereocenters. The summed E-state index contributed by atoms with van der Waals surface area (Å²) in [4.78, 5) is 4.43. The summed E-state index contributed by atoms with van der Waals surface area (Å²) in [6.07, 6.45) is 0. The Balaban J connectivity index is 2.59. The third-order valence-corrected chi connectivity index (χ3v) is 3.41. The third-order valence-electron chi connectivity index (χ3n) is 2.47. The van der Waals surface area contributed by atoms with E-state index in [-0.39, 0.29) is 5.82 Å². The third kappa shape index (κ3) is 1.23. The molecular formula is C12H8FNS. The van der Waals surface area contributed by atoms with Crippen LogP contribution in [0.1, 0.15) is 5.01 Å². The molecule has 0 fully saturated rings. The summed E-state index contributed by atoms with van der Waals surface area (Å²) in [5, 5.41) is 2.56. The van der Waals surface area contributed by atoms with Crippen molar-refractivity contribution in [3.8, 4) is 0 Å². The van der Waals surface area contributed by atoms with E-state index in [1.54, 1.807) is 17.4 Å². The van der Waals surface area contributed by atoms with Crippen LogP contribution >= 0.6 is 11.3 Å². The number of halogens is 1. The van der Waals surface area contributed by atoms with Gasteiger partial charge in [0.1, 0.15) is 5.82 Å². The number of aryl methyl sites for hydroxylation is 1. The summed E-state index contributed by atoms with van der Waals surface area (Å²) in [6.45, 7) is 1.97. The van der Waals surface area contributed by atoms with Crippen LogP contribution in [-0.2, 0) is 0 Å². The van der Waals surface area contributed by atoms with E-state index >= 15 is 0 Å². The van der Waals surface area contributed by atoms with Gasteiger partial charge in [0.15, 0.2) is 0 Å². The van der Waals surface area contributed by atoms with Crippen LogP contribution in [0, 0.1) is 12.7 Å². The number of rotatable bonds is 0. The van der Waals surface area contributed by atoms with Gasteiger partial charge in [-0.05, 0) is 25.1 Å². The second kappa shape index (κ2) is 3.00. The molecule has 3 rings (SSSR count). The van der Waals surface area contributed by atoms with Gasteiger partial charge in [0, 0.05) is 10.8 Å². The van der Waals surface area contributed by atoms with Crippen LogP contribution in [0.3, 0.4) is 0 Å². The van der Waals surface area contributed by atoms with Crippen LogP contribution in [0.5, 0.6) is 0 Å². The van der Waals surface area contributed by atoms with Crippen molar-refractivity contribution in [3.63, 3.8) is 0 Å². The minimum Gasteiger partial charge on any atom is -0.241 e. The minimum absolute atomic E-state index is 0.181. The lowest BCUT2D eigenvalue weighted by Crippen LogP contribution is -1.80. The molecule has 0 spiro atoms. The predicted molar refractivity (Wildman–Crippen MR) is 61.8 cm³/mol. The van der Waals surface area contributed by atoms with Gasteiger partial charge in [-0.25, -0.2) is 9.37 Å². The molecular weight excluding hydrogens is 209 g/mol. The van der Waals surface area contributed by atoms with Gasteiger partial charge in [0.05, 0.1) is 15.2 Å². The topological polar surface area (TPSA) is 12.9 Å². The number of aromatic nitrogens is 1. The number of hydrogen-bond donors (Lipinski definition) is 0. The maximum absolute atomic E-state index is 13.5. The van der Waals surface area contributed by atoms with Gasteiger partial charge in [-0.3, -0.25) is 0 Å². The van der Waals surface area contributed by atoms with Crippen molar-refractivity contribution in [3.05, 3.63) is 41.2 Å². The lowest BCUT2D eigenvalue weighted by atomic mass is 10.1. The Kier molecular flexibility index (Phi) is 1.76. The van der Waals surface area contributed by atoms with E-state index < -0.39 is 0 Å². The highest BCUT2D eigenvalue weighted by molar-refractivity contribution is 7.18. The summed E-state index contributed by atoms with van der Waals surface area (Å²) in [5.74, 6) is -0.181. The Hall–Kier alpha value is -1.48. The molecule has 0 aliphatic rings. The molecule has 2 aromatic carbocycles. The minimum atomic E-state index is -0.181. The summed E-state index contributed by atoms with van der Waals surface area (Å²) < 4.78 is 14.6. The summed E-state index contributed by atoms with van der Waals surface area (Å²) in [5.41, 5.74) is 0.912. The van der Waals surface area contributed by atoms with Gasteiger partial charge in [0.2, 0.25) is 0 Å². The van der Waals surface area contributed by atoms with Gasteiger partial charge in [0.25, 0.3) is 0 Å². The first-order valence-electron chi connectivity index (χ1n) is 4.70. The van der Waals surface area contributed by atoms with Crippen LogP contribution in [0.2, 0.25) is 0 Å². The quantitative estimate of drug-likeness (QED) is 0.556. The first-order chi connectivity index (χ1) is 7.25. The SMILES string of the molecule is Cc1nc2c(ccc3c(F)cccc32)s1. The first kappa shape index (κ1) is 8.80. The van der Waals surface area contributed by atoms with E-state index in [9.17, 15) is 4.39 Å². The number of benzene rings is 2. The molecule has 0 N–H and O–H groups in total. The van der Waals surface area contributed by atoms with Gasteiger partial charge in [-0.15, -0.1) is 11.3 Å². The molecule has 15 heavy (non-hydrogen) atoms. The standard InChI is InChI=1S/C12H8FNS/c1-7-14-12-9-3-2-4-10(13)8(9)5-6-11(12)15-7/h2-6H,1H3. The number of hydrogen-bond acceptors (Lipinski definition) is 2. The molecule has 0 amide bonds. The number of thiazole rings is 1. The normalized spacial score (nSPS) is 11.3. The van der Waals surface area contributed by atoms with Crippen LogP contribution < -0.4 is 0 Å².